The number of rotatable bonds is 7. The first-order valence-corrected chi connectivity index (χ1v) is 4.09. The molecule has 12 heavy (non-hydrogen) atoms. The standard InChI is InChI=1S/C7H17N3O2/c8-7(10-12)3-1-4-9-5-2-6-11/h9,11-12H,1-6H2,(H2,8,10). The van der Waals surface area contributed by atoms with Gasteiger partial charge in [-0.25, -0.2) is 0 Å². The summed E-state index contributed by atoms with van der Waals surface area (Å²) in [4.78, 5) is 0. The molecule has 0 fully saturated rings. The lowest BCUT2D eigenvalue weighted by molar-refractivity contribution is 0.286. The third-order valence-corrected chi connectivity index (χ3v) is 1.43. The maximum absolute atomic E-state index is 8.44. The highest BCUT2D eigenvalue weighted by Gasteiger charge is 1.92. The van der Waals surface area contributed by atoms with E-state index in [1.54, 1.807) is 0 Å². The van der Waals surface area contributed by atoms with E-state index < -0.39 is 0 Å². The Balaban J connectivity index is 3.00. The van der Waals surface area contributed by atoms with E-state index in [2.05, 4.69) is 10.5 Å². The summed E-state index contributed by atoms with van der Waals surface area (Å²) >= 11 is 0. The van der Waals surface area contributed by atoms with Gasteiger partial charge in [-0.1, -0.05) is 5.16 Å². The predicted octanol–water partition coefficient (Wildman–Crippen LogP) is -0.515. The van der Waals surface area contributed by atoms with Gasteiger partial charge >= 0.3 is 0 Å². The summed E-state index contributed by atoms with van der Waals surface area (Å²) in [6.45, 7) is 1.86. The summed E-state index contributed by atoms with van der Waals surface area (Å²) in [5.41, 5.74) is 5.25. The number of nitrogens with zero attached hydrogens (tertiary/aromatic N) is 1. The summed E-state index contributed by atoms with van der Waals surface area (Å²) in [7, 11) is 0. The van der Waals surface area contributed by atoms with Crippen LogP contribution in [-0.2, 0) is 0 Å². The fraction of sp³-hybridized carbons (Fsp3) is 0.857. The van der Waals surface area contributed by atoms with Gasteiger partial charge in [0.05, 0.1) is 0 Å². The highest BCUT2D eigenvalue weighted by molar-refractivity contribution is 5.79. The fourth-order valence-corrected chi connectivity index (χ4v) is 0.774. The van der Waals surface area contributed by atoms with Gasteiger partial charge in [0.1, 0.15) is 5.84 Å². The molecule has 0 saturated heterocycles. The number of aliphatic hydroxyl groups is 1. The molecule has 0 unspecified atom stereocenters. The number of hydrogen-bond acceptors (Lipinski definition) is 4. The molecule has 0 aliphatic heterocycles. The Kier molecular flexibility index (Phi) is 7.73. The summed E-state index contributed by atoms with van der Waals surface area (Å²) in [5, 5.41) is 22.6. The molecule has 72 valence electrons. The van der Waals surface area contributed by atoms with Crippen molar-refractivity contribution < 1.29 is 10.3 Å². The molecule has 5 N–H and O–H groups in total. The van der Waals surface area contributed by atoms with Crippen LogP contribution in [0.4, 0.5) is 0 Å². The van der Waals surface area contributed by atoms with Crippen LogP contribution in [0.3, 0.4) is 0 Å². The van der Waals surface area contributed by atoms with Crippen LogP contribution in [0.5, 0.6) is 0 Å². The minimum atomic E-state index is 0.216. The first-order chi connectivity index (χ1) is 5.81. The van der Waals surface area contributed by atoms with Crippen LogP contribution in [0.2, 0.25) is 0 Å². The molecule has 0 atom stereocenters. The van der Waals surface area contributed by atoms with Crippen LogP contribution in [0.15, 0.2) is 5.16 Å². The van der Waals surface area contributed by atoms with Crippen molar-refractivity contribution in [2.75, 3.05) is 19.7 Å². The van der Waals surface area contributed by atoms with Crippen LogP contribution in [0.1, 0.15) is 19.3 Å². The second-order valence-electron chi connectivity index (χ2n) is 2.52. The first kappa shape index (κ1) is 11.2. The average molecular weight is 175 g/mol. The van der Waals surface area contributed by atoms with Gasteiger partial charge in [0.2, 0.25) is 0 Å². The predicted molar refractivity (Wildman–Crippen MR) is 47.2 cm³/mol. The van der Waals surface area contributed by atoms with Crippen molar-refractivity contribution in [2.24, 2.45) is 10.9 Å². The number of hydrogen-bond donors (Lipinski definition) is 4. The van der Waals surface area contributed by atoms with Crippen molar-refractivity contribution in [2.45, 2.75) is 19.3 Å². The Bertz CT molecular complexity index is 128. The number of nitrogens with one attached hydrogen (secondary N) is 1. The van der Waals surface area contributed by atoms with Crippen LogP contribution in [0, 0.1) is 0 Å². The molecule has 0 bridgehead atoms. The maximum Gasteiger partial charge on any atom is 0.139 e. The molecule has 0 saturated carbocycles. The molecule has 0 radical (unpaired) electrons. The van der Waals surface area contributed by atoms with Crippen molar-refractivity contribution in [3.05, 3.63) is 0 Å². The summed E-state index contributed by atoms with van der Waals surface area (Å²) in [5.74, 6) is 0.263. The van der Waals surface area contributed by atoms with Gasteiger partial charge in [0.15, 0.2) is 0 Å². The van der Waals surface area contributed by atoms with E-state index in [-0.39, 0.29) is 12.4 Å². The SMILES string of the molecule is NC(CCCNCCCO)=NO. The van der Waals surface area contributed by atoms with Crippen LogP contribution in [0.25, 0.3) is 0 Å². The third kappa shape index (κ3) is 7.30. The second kappa shape index (κ2) is 8.29. The highest BCUT2D eigenvalue weighted by atomic mass is 16.4. The molecule has 0 rings (SSSR count). The minimum Gasteiger partial charge on any atom is -0.409 e. The van der Waals surface area contributed by atoms with E-state index in [4.69, 9.17) is 16.0 Å². The Hall–Kier alpha value is -0.810. The lowest BCUT2D eigenvalue weighted by Gasteiger charge is -2.01. The molecule has 0 aromatic heterocycles. The van der Waals surface area contributed by atoms with E-state index >= 15 is 0 Å². The Morgan fingerprint density at radius 1 is 1.33 bits per heavy atom. The molecule has 0 amide bonds. The maximum atomic E-state index is 8.44. The van der Waals surface area contributed by atoms with E-state index in [0.29, 0.717) is 6.42 Å². The molecule has 5 nitrogen and oxygen atoms in total. The zero-order valence-electron chi connectivity index (χ0n) is 7.16. The molecule has 5 heteroatoms. The number of amidine groups is 1. The summed E-state index contributed by atoms with van der Waals surface area (Å²) in [6.07, 6.45) is 2.22. The van der Waals surface area contributed by atoms with Crippen molar-refractivity contribution in [3.8, 4) is 0 Å². The zero-order valence-corrected chi connectivity index (χ0v) is 7.16. The Morgan fingerprint density at radius 3 is 2.58 bits per heavy atom. The number of nitrogens with two attached hydrogens (primary N) is 1. The smallest absolute Gasteiger partial charge is 0.139 e. The van der Waals surface area contributed by atoms with E-state index in [0.717, 1.165) is 25.9 Å². The Morgan fingerprint density at radius 2 is 2.00 bits per heavy atom. The van der Waals surface area contributed by atoms with Crippen molar-refractivity contribution in [1.82, 2.24) is 5.32 Å². The van der Waals surface area contributed by atoms with Gasteiger partial charge < -0.3 is 21.4 Å². The first-order valence-electron chi connectivity index (χ1n) is 4.09. The van der Waals surface area contributed by atoms with Gasteiger partial charge in [-0.15, -0.1) is 0 Å². The summed E-state index contributed by atoms with van der Waals surface area (Å²) < 4.78 is 0. The normalized spacial score (nSPS) is 11.9. The molecule has 0 aromatic carbocycles. The highest BCUT2D eigenvalue weighted by Crippen LogP contribution is 1.86. The second-order valence-corrected chi connectivity index (χ2v) is 2.52. The van der Waals surface area contributed by atoms with Crippen molar-refractivity contribution in [1.29, 1.82) is 0 Å². The van der Waals surface area contributed by atoms with Crippen LogP contribution >= 0.6 is 0 Å². The van der Waals surface area contributed by atoms with Gasteiger partial charge in [-0.05, 0) is 25.9 Å². The van der Waals surface area contributed by atoms with Gasteiger partial charge in [0.25, 0.3) is 0 Å². The molecule has 0 heterocycles. The number of oxime groups is 1. The Labute approximate surface area is 72.3 Å². The minimum absolute atomic E-state index is 0.216. The molecule has 0 aliphatic carbocycles. The van der Waals surface area contributed by atoms with Crippen molar-refractivity contribution >= 4 is 5.84 Å². The van der Waals surface area contributed by atoms with E-state index in [1.807, 2.05) is 0 Å². The van der Waals surface area contributed by atoms with E-state index in [9.17, 15) is 0 Å². The summed E-state index contributed by atoms with van der Waals surface area (Å²) in [6, 6.07) is 0. The van der Waals surface area contributed by atoms with Gasteiger partial charge in [-0.2, -0.15) is 0 Å². The average Bonchev–Trinajstić information content (AvgIpc) is 2.10. The lowest BCUT2D eigenvalue weighted by Crippen LogP contribution is -2.20. The zero-order chi connectivity index (χ0) is 9.23. The topological polar surface area (TPSA) is 90.9 Å². The fourth-order valence-electron chi connectivity index (χ4n) is 0.774. The quantitative estimate of drug-likeness (QED) is 0.138. The molecule has 0 aliphatic rings. The van der Waals surface area contributed by atoms with Crippen LogP contribution in [-0.4, -0.2) is 35.8 Å². The molecular formula is C7H17N3O2. The van der Waals surface area contributed by atoms with E-state index in [1.165, 1.54) is 0 Å². The largest absolute Gasteiger partial charge is 0.409 e. The van der Waals surface area contributed by atoms with Gasteiger partial charge in [0, 0.05) is 13.0 Å². The molecule has 0 aromatic rings. The molecule has 0 spiro atoms. The number of aliphatic hydroxyl groups excluding tert-OH is 1. The van der Waals surface area contributed by atoms with Gasteiger partial charge in [-0.3, -0.25) is 0 Å². The molecular weight excluding hydrogens is 158 g/mol. The van der Waals surface area contributed by atoms with Crippen molar-refractivity contribution in [3.63, 3.8) is 0 Å². The monoisotopic (exact) mass is 175 g/mol. The van der Waals surface area contributed by atoms with Crippen LogP contribution < -0.4 is 11.1 Å². The lowest BCUT2D eigenvalue weighted by atomic mass is 10.3. The third-order valence-electron chi connectivity index (χ3n) is 1.43.